The molecule has 0 radical (unpaired) electrons. The van der Waals surface area contributed by atoms with E-state index in [9.17, 15) is 4.79 Å². The Morgan fingerprint density at radius 3 is 2.24 bits per heavy atom. The third-order valence-corrected chi connectivity index (χ3v) is 4.38. The van der Waals surface area contributed by atoms with E-state index in [-0.39, 0.29) is 5.78 Å². The van der Waals surface area contributed by atoms with E-state index in [1.165, 1.54) is 25.7 Å². The molecule has 0 aliphatic rings. The van der Waals surface area contributed by atoms with Crippen LogP contribution in [0.4, 0.5) is 0 Å². The molecule has 0 fully saturated rings. The topological polar surface area (TPSA) is 20.3 Å². The highest BCUT2D eigenvalue weighted by molar-refractivity contribution is 6.43. The molecule has 0 atom stereocenters. The zero-order chi connectivity index (χ0) is 15.7. The van der Waals surface area contributed by atoms with Gasteiger partial charge < -0.3 is 4.90 Å². The largest absolute Gasteiger partial charge is 0.303 e. The maximum absolute atomic E-state index is 12.3. The molecule has 0 N–H and O–H groups in total. The Kier molecular flexibility index (Phi) is 8.98. The second-order valence-corrected chi connectivity index (χ2v) is 6.11. The normalized spacial score (nSPS) is 11.1. The van der Waals surface area contributed by atoms with Gasteiger partial charge in [-0.1, -0.05) is 56.0 Å². The van der Waals surface area contributed by atoms with Gasteiger partial charge in [0.05, 0.1) is 10.0 Å². The van der Waals surface area contributed by atoms with Crippen LogP contribution in [0.2, 0.25) is 10.0 Å². The van der Waals surface area contributed by atoms with Gasteiger partial charge in [0.15, 0.2) is 5.78 Å². The van der Waals surface area contributed by atoms with E-state index in [2.05, 4.69) is 18.7 Å². The molecule has 4 heteroatoms. The van der Waals surface area contributed by atoms with Gasteiger partial charge in [0.1, 0.15) is 0 Å². The van der Waals surface area contributed by atoms with Crippen molar-refractivity contribution in [2.45, 2.75) is 46.0 Å². The Hall–Kier alpha value is -0.570. The van der Waals surface area contributed by atoms with Gasteiger partial charge in [-0.15, -0.1) is 0 Å². The number of carbonyl (C=O) groups excluding carboxylic acids is 1. The lowest BCUT2D eigenvalue weighted by atomic mass is 10.1. The first-order valence-corrected chi connectivity index (χ1v) is 8.55. The fourth-order valence-electron chi connectivity index (χ4n) is 2.21. The molecule has 0 spiro atoms. The summed E-state index contributed by atoms with van der Waals surface area (Å²) >= 11 is 12.1. The Morgan fingerprint density at radius 2 is 1.67 bits per heavy atom. The molecule has 0 saturated carbocycles. The number of unbranched alkanes of at least 4 members (excludes halogenated alkanes) is 2. The maximum atomic E-state index is 12.3. The van der Waals surface area contributed by atoms with Crippen LogP contribution in [0.1, 0.15) is 56.3 Å². The molecule has 118 valence electrons. The number of hydrogen-bond acceptors (Lipinski definition) is 2. The van der Waals surface area contributed by atoms with Gasteiger partial charge >= 0.3 is 0 Å². The minimum atomic E-state index is 0.0699. The summed E-state index contributed by atoms with van der Waals surface area (Å²) in [5.74, 6) is 0.0699. The summed E-state index contributed by atoms with van der Waals surface area (Å²) in [4.78, 5) is 14.7. The van der Waals surface area contributed by atoms with Crippen LogP contribution in [0.25, 0.3) is 0 Å². The van der Waals surface area contributed by atoms with Crippen LogP contribution in [0, 0.1) is 0 Å². The second-order valence-electron chi connectivity index (χ2n) is 5.32. The molecule has 0 aliphatic heterocycles. The number of rotatable bonds is 10. The summed E-state index contributed by atoms with van der Waals surface area (Å²) in [6.07, 6.45) is 5.20. The van der Waals surface area contributed by atoms with Crippen LogP contribution in [-0.4, -0.2) is 30.3 Å². The molecule has 2 nitrogen and oxygen atoms in total. The predicted octanol–water partition coefficient (Wildman–Crippen LogP) is 5.47. The van der Waals surface area contributed by atoms with E-state index in [0.717, 1.165) is 19.6 Å². The van der Waals surface area contributed by atoms with Crippen molar-refractivity contribution in [3.63, 3.8) is 0 Å². The SMILES string of the molecule is CCCCN(CCCC)CCC(=O)c1cccc(Cl)c1Cl. The van der Waals surface area contributed by atoms with Crippen molar-refractivity contribution in [2.75, 3.05) is 19.6 Å². The van der Waals surface area contributed by atoms with Gasteiger partial charge in [0.25, 0.3) is 0 Å². The number of carbonyl (C=O) groups is 1. The van der Waals surface area contributed by atoms with Crippen molar-refractivity contribution < 1.29 is 4.79 Å². The van der Waals surface area contributed by atoms with E-state index in [1.807, 2.05) is 0 Å². The summed E-state index contributed by atoms with van der Waals surface area (Å²) in [6.45, 7) is 7.30. The summed E-state index contributed by atoms with van der Waals surface area (Å²) in [5, 5.41) is 0.814. The lowest BCUT2D eigenvalue weighted by Crippen LogP contribution is -2.28. The van der Waals surface area contributed by atoms with Crippen LogP contribution >= 0.6 is 23.2 Å². The molecule has 0 unspecified atom stereocenters. The first-order valence-electron chi connectivity index (χ1n) is 7.79. The summed E-state index contributed by atoms with van der Waals surface area (Å²) in [6, 6.07) is 5.22. The van der Waals surface area contributed by atoms with Crippen LogP contribution in [-0.2, 0) is 0 Å². The van der Waals surface area contributed by atoms with Gasteiger partial charge in [0.2, 0.25) is 0 Å². The number of hydrogen-bond donors (Lipinski definition) is 0. The lowest BCUT2D eigenvalue weighted by Gasteiger charge is -2.21. The third kappa shape index (κ3) is 6.37. The third-order valence-electron chi connectivity index (χ3n) is 3.56. The van der Waals surface area contributed by atoms with Crippen molar-refractivity contribution >= 4 is 29.0 Å². The average molecular weight is 330 g/mol. The van der Waals surface area contributed by atoms with E-state index in [1.54, 1.807) is 18.2 Å². The zero-order valence-electron chi connectivity index (χ0n) is 13.0. The molecule has 0 bridgehead atoms. The van der Waals surface area contributed by atoms with Crippen LogP contribution in [0.5, 0.6) is 0 Å². The molecular weight excluding hydrogens is 305 g/mol. The summed E-state index contributed by atoms with van der Waals surface area (Å²) in [5.41, 5.74) is 0.537. The molecule has 0 heterocycles. The standard InChI is InChI=1S/C17H25Cl2NO/c1-3-5-11-20(12-6-4-2)13-10-16(21)14-8-7-9-15(18)17(14)19/h7-9H,3-6,10-13H2,1-2H3. The number of halogens is 2. The molecule has 21 heavy (non-hydrogen) atoms. The van der Waals surface area contributed by atoms with Crippen LogP contribution in [0.3, 0.4) is 0 Å². The highest BCUT2D eigenvalue weighted by Crippen LogP contribution is 2.26. The summed E-state index contributed by atoms with van der Waals surface area (Å²) < 4.78 is 0. The first kappa shape index (κ1) is 18.5. The van der Waals surface area contributed by atoms with Gasteiger partial charge in [-0.3, -0.25) is 4.79 Å². The maximum Gasteiger partial charge on any atom is 0.165 e. The Labute approximate surface area is 138 Å². The Balaban J connectivity index is 2.57. The smallest absolute Gasteiger partial charge is 0.165 e. The van der Waals surface area contributed by atoms with E-state index < -0.39 is 0 Å². The molecular formula is C17H25Cl2NO. The molecule has 0 aromatic heterocycles. The first-order chi connectivity index (χ1) is 10.1. The van der Waals surface area contributed by atoms with Crippen molar-refractivity contribution in [1.29, 1.82) is 0 Å². The second kappa shape index (κ2) is 10.2. The fourth-order valence-corrected chi connectivity index (χ4v) is 2.62. The van der Waals surface area contributed by atoms with Crippen LogP contribution in [0.15, 0.2) is 18.2 Å². The Bertz CT molecular complexity index is 440. The number of Topliss-reactive ketones (excluding diaryl/α,β-unsaturated/α-hetero) is 1. The summed E-state index contributed by atoms with van der Waals surface area (Å²) in [7, 11) is 0. The fraction of sp³-hybridized carbons (Fsp3) is 0.588. The van der Waals surface area contributed by atoms with Crippen molar-refractivity contribution in [1.82, 2.24) is 4.90 Å². The van der Waals surface area contributed by atoms with Gasteiger partial charge in [-0.25, -0.2) is 0 Å². The minimum absolute atomic E-state index is 0.0699. The number of nitrogens with zero attached hydrogens (tertiary/aromatic N) is 1. The zero-order valence-corrected chi connectivity index (χ0v) is 14.5. The van der Waals surface area contributed by atoms with Crippen molar-refractivity contribution in [2.24, 2.45) is 0 Å². The van der Waals surface area contributed by atoms with Gasteiger partial charge in [0, 0.05) is 18.5 Å². The molecule has 1 rings (SSSR count). The van der Waals surface area contributed by atoms with E-state index >= 15 is 0 Å². The Morgan fingerprint density at radius 1 is 1.05 bits per heavy atom. The number of benzene rings is 1. The minimum Gasteiger partial charge on any atom is -0.303 e. The molecule has 1 aromatic carbocycles. The van der Waals surface area contributed by atoms with E-state index in [4.69, 9.17) is 23.2 Å². The average Bonchev–Trinajstić information content (AvgIpc) is 2.49. The quantitative estimate of drug-likeness (QED) is 0.530. The van der Waals surface area contributed by atoms with E-state index in [0.29, 0.717) is 22.0 Å². The highest BCUT2D eigenvalue weighted by Gasteiger charge is 2.14. The molecule has 0 aliphatic carbocycles. The van der Waals surface area contributed by atoms with Crippen LogP contribution < -0.4 is 0 Å². The van der Waals surface area contributed by atoms with Gasteiger partial charge in [-0.2, -0.15) is 0 Å². The molecule has 1 aromatic rings. The van der Waals surface area contributed by atoms with Gasteiger partial charge in [-0.05, 0) is 38.1 Å². The van der Waals surface area contributed by atoms with Crippen molar-refractivity contribution in [3.8, 4) is 0 Å². The molecule has 0 saturated heterocycles. The highest BCUT2D eigenvalue weighted by atomic mass is 35.5. The number of ketones is 1. The predicted molar refractivity (Wildman–Crippen MR) is 91.7 cm³/mol. The van der Waals surface area contributed by atoms with Crippen molar-refractivity contribution in [3.05, 3.63) is 33.8 Å². The lowest BCUT2D eigenvalue weighted by molar-refractivity contribution is 0.0963. The monoisotopic (exact) mass is 329 g/mol. The molecule has 0 amide bonds.